The number of ether oxygens (including phenoxy) is 2. The van der Waals surface area contributed by atoms with Crippen LogP contribution in [0.15, 0.2) is 12.2 Å². The second kappa shape index (κ2) is 9.12. The van der Waals surface area contributed by atoms with E-state index in [-0.39, 0.29) is 25.0 Å². The molecule has 1 fully saturated rings. The van der Waals surface area contributed by atoms with E-state index in [4.69, 9.17) is 4.74 Å². The SMILES string of the molecule is COC(=O)/C=C/C(=O)OCCNC(=O)C1CCCCC1. The predicted octanol–water partition coefficient (Wildman–Crippen LogP) is 0.955. The summed E-state index contributed by atoms with van der Waals surface area (Å²) in [6.07, 6.45) is 7.27. The van der Waals surface area contributed by atoms with Crippen LogP contribution in [0, 0.1) is 5.92 Å². The summed E-state index contributed by atoms with van der Waals surface area (Å²) in [5.41, 5.74) is 0. The fraction of sp³-hybridized carbons (Fsp3) is 0.643. The monoisotopic (exact) mass is 283 g/mol. The number of hydrogen-bond donors (Lipinski definition) is 1. The smallest absolute Gasteiger partial charge is 0.331 e. The van der Waals surface area contributed by atoms with Gasteiger partial charge in [0.15, 0.2) is 0 Å². The van der Waals surface area contributed by atoms with Gasteiger partial charge < -0.3 is 14.8 Å². The molecule has 1 aliphatic rings. The van der Waals surface area contributed by atoms with Gasteiger partial charge in [0.2, 0.25) is 5.91 Å². The molecule has 0 aromatic carbocycles. The number of carbonyl (C=O) groups is 3. The topological polar surface area (TPSA) is 81.7 Å². The number of amides is 1. The molecule has 0 unspecified atom stereocenters. The lowest BCUT2D eigenvalue weighted by atomic mass is 9.89. The molecular formula is C14H21NO5. The molecule has 0 heterocycles. The Morgan fingerprint density at radius 1 is 1.10 bits per heavy atom. The molecule has 1 saturated carbocycles. The molecule has 1 N–H and O–H groups in total. The number of nitrogens with one attached hydrogen (secondary N) is 1. The molecule has 112 valence electrons. The van der Waals surface area contributed by atoms with Gasteiger partial charge in [-0.3, -0.25) is 4.79 Å². The maximum absolute atomic E-state index is 11.8. The summed E-state index contributed by atoms with van der Waals surface area (Å²) < 4.78 is 9.16. The van der Waals surface area contributed by atoms with Crippen LogP contribution in [0.4, 0.5) is 0 Å². The highest BCUT2D eigenvalue weighted by Gasteiger charge is 2.20. The first kappa shape index (κ1) is 16.2. The summed E-state index contributed by atoms with van der Waals surface area (Å²) >= 11 is 0. The summed E-state index contributed by atoms with van der Waals surface area (Å²) in [7, 11) is 1.22. The standard InChI is InChI=1S/C14H21NO5/c1-19-12(16)7-8-13(17)20-10-9-15-14(18)11-5-3-2-4-6-11/h7-8,11H,2-6,9-10H2,1H3,(H,15,18)/b8-7+. The van der Waals surface area contributed by atoms with Crippen molar-refractivity contribution >= 4 is 17.8 Å². The Balaban J connectivity index is 2.11. The fourth-order valence-corrected chi connectivity index (χ4v) is 2.09. The zero-order chi connectivity index (χ0) is 14.8. The van der Waals surface area contributed by atoms with Crippen molar-refractivity contribution in [1.82, 2.24) is 5.32 Å². The molecule has 0 radical (unpaired) electrons. The number of rotatable bonds is 6. The van der Waals surface area contributed by atoms with Gasteiger partial charge in [-0.15, -0.1) is 0 Å². The van der Waals surface area contributed by atoms with Crippen molar-refractivity contribution in [2.75, 3.05) is 20.3 Å². The van der Waals surface area contributed by atoms with Crippen molar-refractivity contribution < 1.29 is 23.9 Å². The first-order chi connectivity index (χ1) is 9.63. The predicted molar refractivity (Wildman–Crippen MR) is 71.7 cm³/mol. The summed E-state index contributed by atoms with van der Waals surface area (Å²) in [5.74, 6) is -1.13. The van der Waals surface area contributed by atoms with Crippen molar-refractivity contribution in [3.8, 4) is 0 Å². The van der Waals surface area contributed by atoms with Crippen LogP contribution in [0.25, 0.3) is 0 Å². The number of esters is 2. The van der Waals surface area contributed by atoms with E-state index in [1.54, 1.807) is 0 Å². The highest BCUT2D eigenvalue weighted by Crippen LogP contribution is 2.23. The zero-order valence-electron chi connectivity index (χ0n) is 11.7. The molecule has 0 bridgehead atoms. The average molecular weight is 283 g/mol. The molecule has 0 aromatic rings. The van der Waals surface area contributed by atoms with E-state index in [0.717, 1.165) is 37.8 Å². The Morgan fingerprint density at radius 2 is 1.75 bits per heavy atom. The van der Waals surface area contributed by atoms with E-state index < -0.39 is 11.9 Å². The van der Waals surface area contributed by atoms with Crippen LogP contribution in [0.5, 0.6) is 0 Å². The average Bonchev–Trinajstić information content (AvgIpc) is 2.49. The van der Waals surface area contributed by atoms with Gasteiger partial charge in [0.1, 0.15) is 6.61 Å². The van der Waals surface area contributed by atoms with E-state index in [1.807, 2.05) is 0 Å². The van der Waals surface area contributed by atoms with Crippen molar-refractivity contribution in [3.05, 3.63) is 12.2 Å². The second-order valence-electron chi connectivity index (χ2n) is 4.65. The minimum atomic E-state index is -0.637. The fourth-order valence-electron chi connectivity index (χ4n) is 2.09. The van der Waals surface area contributed by atoms with Crippen LogP contribution in [0.3, 0.4) is 0 Å². The van der Waals surface area contributed by atoms with Crippen LogP contribution in [-0.2, 0) is 23.9 Å². The van der Waals surface area contributed by atoms with Gasteiger partial charge in [-0.2, -0.15) is 0 Å². The van der Waals surface area contributed by atoms with Gasteiger partial charge >= 0.3 is 11.9 Å². The maximum Gasteiger partial charge on any atom is 0.331 e. The van der Waals surface area contributed by atoms with E-state index in [2.05, 4.69) is 10.1 Å². The van der Waals surface area contributed by atoms with Gasteiger partial charge in [0, 0.05) is 18.1 Å². The Hall–Kier alpha value is -1.85. The Labute approximate surface area is 118 Å². The van der Waals surface area contributed by atoms with Gasteiger partial charge in [-0.1, -0.05) is 19.3 Å². The molecular weight excluding hydrogens is 262 g/mol. The largest absolute Gasteiger partial charge is 0.466 e. The number of methoxy groups -OCH3 is 1. The van der Waals surface area contributed by atoms with Crippen LogP contribution in [-0.4, -0.2) is 38.1 Å². The highest BCUT2D eigenvalue weighted by molar-refractivity contribution is 5.91. The number of hydrogen-bond acceptors (Lipinski definition) is 5. The lowest BCUT2D eigenvalue weighted by molar-refractivity contribution is -0.139. The molecule has 0 saturated heterocycles. The zero-order valence-corrected chi connectivity index (χ0v) is 11.7. The summed E-state index contributed by atoms with van der Waals surface area (Å²) in [6, 6.07) is 0. The molecule has 0 spiro atoms. The quantitative estimate of drug-likeness (QED) is 0.446. The van der Waals surface area contributed by atoms with Crippen molar-refractivity contribution in [2.24, 2.45) is 5.92 Å². The first-order valence-corrected chi connectivity index (χ1v) is 6.84. The Morgan fingerprint density at radius 3 is 2.40 bits per heavy atom. The van der Waals surface area contributed by atoms with Crippen molar-refractivity contribution in [1.29, 1.82) is 0 Å². The van der Waals surface area contributed by atoms with E-state index in [0.29, 0.717) is 0 Å². The first-order valence-electron chi connectivity index (χ1n) is 6.84. The third-order valence-corrected chi connectivity index (χ3v) is 3.18. The summed E-state index contributed by atoms with van der Waals surface area (Å²) in [6.45, 7) is 0.371. The third-order valence-electron chi connectivity index (χ3n) is 3.18. The Kier molecular flexibility index (Phi) is 7.39. The molecule has 0 atom stereocenters. The summed E-state index contributed by atoms with van der Waals surface area (Å²) in [5, 5.41) is 2.75. The van der Waals surface area contributed by atoms with E-state index in [1.165, 1.54) is 13.5 Å². The van der Waals surface area contributed by atoms with Crippen LogP contribution >= 0.6 is 0 Å². The second-order valence-corrected chi connectivity index (χ2v) is 4.65. The maximum atomic E-state index is 11.8. The molecule has 6 heteroatoms. The molecule has 1 aliphatic carbocycles. The van der Waals surface area contributed by atoms with Crippen LogP contribution in [0.1, 0.15) is 32.1 Å². The van der Waals surface area contributed by atoms with Crippen molar-refractivity contribution in [3.63, 3.8) is 0 Å². The molecule has 20 heavy (non-hydrogen) atoms. The molecule has 1 rings (SSSR count). The molecule has 1 amide bonds. The highest BCUT2D eigenvalue weighted by atomic mass is 16.5. The van der Waals surface area contributed by atoms with Gasteiger partial charge in [0.25, 0.3) is 0 Å². The van der Waals surface area contributed by atoms with E-state index in [9.17, 15) is 14.4 Å². The molecule has 0 aliphatic heterocycles. The minimum absolute atomic E-state index is 0.0332. The molecule has 6 nitrogen and oxygen atoms in total. The molecule has 0 aromatic heterocycles. The van der Waals surface area contributed by atoms with Crippen molar-refractivity contribution in [2.45, 2.75) is 32.1 Å². The Bertz CT molecular complexity index is 372. The van der Waals surface area contributed by atoms with Gasteiger partial charge in [-0.25, -0.2) is 9.59 Å². The van der Waals surface area contributed by atoms with Gasteiger partial charge in [0.05, 0.1) is 13.7 Å². The third kappa shape index (κ3) is 6.36. The lowest BCUT2D eigenvalue weighted by Crippen LogP contribution is -2.34. The van der Waals surface area contributed by atoms with Crippen LogP contribution < -0.4 is 5.32 Å². The summed E-state index contributed by atoms with van der Waals surface area (Å²) in [4.78, 5) is 33.7. The number of carbonyl (C=O) groups excluding carboxylic acids is 3. The minimum Gasteiger partial charge on any atom is -0.466 e. The van der Waals surface area contributed by atoms with Crippen LogP contribution in [0.2, 0.25) is 0 Å². The normalized spacial score (nSPS) is 15.8. The van der Waals surface area contributed by atoms with Gasteiger partial charge in [-0.05, 0) is 12.8 Å². The van der Waals surface area contributed by atoms with E-state index >= 15 is 0 Å². The lowest BCUT2D eigenvalue weighted by Gasteiger charge is -2.20.